The summed E-state index contributed by atoms with van der Waals surface area (Å²) in [4.78, 5) is 39.0. The van der Waals surface area contributed by atoms with Gasteiger partial charge in [0.05, 0.1) is 6.61 Å². The summed E-state index contributed by atoms with van der Waals surface area (Å²) in [5.41, 5.74) is 1.26. The molecule has 2 atom stereocenters. The molecule has 1 aliphatic rings. The smallest absolute Gasteiger partial charge is 0.272 e. The number of hydrogen-bond donors (Lipinski definition) is 2. The second-order valence-corrected chi connectivity index (χ2v) is 7.35. The van der Waals surface area contributed by atoms with Crippen molar-refractivity contribution in [1.82, 2.24) is 25.3 Å². The number of aromatic nitrogens is 2. The Morgan fingerprint density at radius 3 is 2.71 bits per heavy atom. The monoisotopic (exact) mass is 393 g/mol. The van der Waals surface area contributed by atoms with Crippen molar-refractivity contribution >= 4 is 17.7 Å². The van der Waals surface area contributed by atoms with Crippen LogP contribution in [0.15, 0.2) is 6.07 Å². The van der Waals surface area contributed by atoms with Gasteiger partial charge in [0.25, 0.3) is 5.91 Å². The molecule has 0 aromatic carbocycles. The molecule has 2 heterocycles. The number of carbonyl (C=O) groups excluding carboxylic acids is 3. The van der Waals surface area contributed by atoms with E-state index in [0.717, 1.165) is 12.1 Å². The lowest BCUT2D eigenvalue weighted by Crippen LogP contribution is -2.44. The first-order valence-electron chi connectivity index (χ1n) is 9.64. The number of hydrogen-bond acceptors (Lipinski definition) is 5. The second kappa shape index (κ2) is 10.2. The molecule has 1 aromatic heterocycles. The van der Waals surface area contributed by atoms with Crippen LogP contribution in [0, 0.1) is 12.8 Å². The van der Waals surface area contributed by atoms with Crippen molar-refractivity contribution in [2.45, 2.75) is 38.6 Å². The zero-order valence-electron chi connectivity index (χ0n) is 17.2. The number of ether oxygens (including phenoxy) is 1. The van der Waals surface area contributed by atoms with Gasteiger partial charge in [-0.25, -0.2) is 0 Å². The van der Waals surface area contributed by atoms with Crippen LogP contribution in [0.2, 0.25) is 0 Å². The van der Waals surface area contributed by atoms with E-state index >= 15 is 0 Å². The quantitative estimate of drug-likeness (QED) is 0.674. The molecule has 1 saturated heterocycles. The van der Waals surface area contributed by atoms with Crippen LogP contribution in [0.5, 0.6) is 0 Å². The van der Waals surface area contributed by atoms with Crippen molar-refractivity contribution in [1.29, 1.82) is 0 Å². The molecule has 0 saturated carbocycles. The van der Waals surface area contributed by atoms with Gasteiger partial charge in [0.1, 0.15) is 5.69 Å². The average molecular weight is 393 g/mol. The van der Waals surface area contributed by atoms with Gasteiger partial charge in [-0.1, -0.05) is 6.42 Å². The fourth-order valence-corrected chi connectivity index (χ4v) is 3.30. The summed E-state index contributed by atoms with van der Waals surface area (Å²) in [5, 5.41) is 10.00. The van der Waals surface area contributed by atoms with E-state index in [0.29, 0.717) is 38.2 Å². The van der Waals surface area contributed by atoms with Crippen LogP contribution in [0.4, 0.5) is 0 Å². The highest BCUT2D eigenvalue weighted by Crippen LogP contribution is 2.19. The molecule has 1 aromatic rings. The molecule has 3 amide bonds. The number of rotatable bonds is 6. The average Bonchev–Trinajstić information content (AvgIpc) is 3.01. The summed E-state index contributed by atoms with van der Waals surface area (Å²) >= 11 is 0. The van der Waals surface area contributed by atoms with Gasteiger partial charge in [0.2, 0.25) is 11.8 Å². The van der Waals surface area contributed by atoms with E-state index in [1.165, 1.54) is 0 Å². The largest absolute Gasteiger partial charge is 0.383 e. The predicted octanol–water partition coefficient (Wildman–Crippen LogP) is 0.238. The number of likely N-dealkylation sites (N-methyl/N-ethyl adjacent to an activating group) is 1. The van der Waals surface area contributed by atoms with Crippen molar-refractivity contribution in [2.24, 2.45) is 13.0 Å². The van der Waals surface area contributed by atoms with Crippen LogP contribution in [0.25, 0.3) is 0 Å². The van der Waals surface area contributed by atoms with Crippen LogP contribution in [0.3, 0.4) is 0 Å². The molecule has 2 rings (SSSR count). The Kier molecular flexibility index (Phi) is 7.98. The van der Waals surface area contributed by atoms with Crippen molar-refractivity contribution in [2.75, 3.05) is 33.9 Å². The highest BCUT2D eigenvalue weighted by molar-refractivity contribution is 5.92. The molecular formula is C19H31N5O4. The molecule has 2 N–H and O–H groups in total. The molecule has 0 unspecified atom stereocenters. The third-order valence-corrected chi connectivity index (χ3v) is 5.10. The Hall–Kier alpha value is -2.42. The maximum atomic E-state index is 12.5. The Morgan fingerprint density at radius 1 is 1.32 bits per heavy atom. The number of nitrogens with one attached hydrogen (secondary N) is 2. The number of aryl methyl sites for hydroxylation is 2. The first-order valence-corrected chi connectivity index (χ1v) is 9.64. The summed E-state index contributed by atoms with van der Waals surface area (Å²) in [7, 11) is 5.07. The minimum Gasteiger partial charge on any atom is -0.383 e. The third kappa shape index (κ3) is 6.05. The number of methoxy groups -OCH3 is 1. The summed E-state index contributed by atoms with van der Waals surface area (Å²) in [5.74, 6) is -0.825. The molecular weight excluding hydrogens is 362 g/mol. The van der Waals surface area contributed by atoms with Gasteiger partial charge in [0, 0.05) is 58.4 Å². The van der Waals surface area contributed by atoms with Gasteiger partial charge in [-0.15, -0.1) is 0 Å². The number of nitrogens with zero attached hydrogens (tertiary/aromatic N) is 3. The van der Waals surface area contributed by atoms with Gasteiger partial charge >= 0.3 is 0 Å². The molecule has 1 aliphatic heterocycles. The Bertz CT molecular complexity index is 683. The van der Waals surface area contributed by atoms with Gasteiger partial charge < -0.3 is 20.3 Å². The Labute approximate surface area is 165 Å². The third-order valence-electron chi connectivity index (χ3n) is 5.10. The lowest BCUT2D eigenvalue weighted by molar-refractivity contribution is -0.135. The maximum absolute atomic E-state index is 12.5. The van der Waals surface area contributed by atoms with E-state index in [9.17, 15) is 14.4 Å². The van der Waals surface area contributed by atoms with E-state index < -0.39 is 0 Å². The highest BCUT2D eigenvalue weighted by atomic mass is 16.5. The molecule has 0 spiro atoms. The minimum atomic E-state index is -0.361. The number of carbonyl (C=O) groups is 3. The molecule has 0 bridgehead atoms. The Morgan fingerprint density at radius 2 is 2.07 bits per heavy atom. The lowest BCUT2D eigenvalue weighted by atomic mass is 9.96. The molecule has 0 aliphatic carbocycles. The fraction of sp³-hybridized carbons (Fsp3) is 0.684. The maximum Gasteiger partial charge on any atom is 0.272 e. The zero-order chi connectivity index (χ0) is 20.7. The van der Waals surface area contributed by atoms with E-state index in [1.807, 2.05) is 6.92 Å². The van der Waals surface area contributed by atoms with Crippen molar-refractivity contribution in [3.63, 3.8) is 0 Å². The van der Waals surface area contributed by atoms with Gasteiger partial charge in [0.15, 0.2) is 0 Å². The van der Waals surface area contributed by atoms with Crippen molar-refractivity contribution in [3.8, 4) is 0 Å². The van der Waals surface area contributed by atoms with Crippen LogP contribution in [-0.2, 0) is 21.4 Å². The summed E-state index contributed by atoms with van der Waals surface area (Å²) in [6, 6.07) is 1.55. The van der Waals surface area contributed by atoms with Crippen LogP contribution in [-0.4, -0.2) is 72.3 Å². The number of amides is 3. The van der Waals surface area contributed by atoms with E-state index in [2.05, 4.69) is 15.7 Å². The van der Waals surface area contributed by atoms with E-state index in [1.54, 1.807) is 36.9 Å². The van der Waals surface area contributed by atoms with Crippen molar-refractivity contribution < 1.29 is 19.1 Å². The summed E-state index contributed by atoms with van der Waals surface area (Å²) in [6.07, 6.45) is 2.22. The lowest BCUT2D eigenvalue weighted by Gasteiger charge is -2.24. The predicted molar refractivity (Wildman–Crippen MR) is 104 cm³/mol. The van der Waals surface area contributed by atoms with Crippen molar-refractivity contribution in [3.05, 3.63) is 17.5 Å². The summed E-state index contributed by atoms with van der Waals surface area (Å²) in [6.45, 7) is 3.16. The molecule has 0 radical (unpaired) electrons. The molecule has 156 valence electrons. The van der Waals surface area contributed by atoms with Crippen LogP contribution in [0.1, 0.15) is 41.9 Å². The first-order chi connectivity index (χ1) is 13.3. The zero-order valence-corrected chi connectivity index (χ0v) is 17.2. The molecule has 28 heavy (non-hydrogen) atoms. The van der Waals surface area contributed by atoms with E-state index in [-0.39, 0.29) is 36.1 Å². The normalized spacial score (nSPS) is 20.9. The van der Waals surface area contributed by atoms with Gasteiger partial charge in [-0.3, -0.25) is 19.1 Å². The molecule has 1 fully saturated rings. The molecule has 9 heteroatoms. The van der Waals surface area contributed by atoms with Crippen LogP contribution < -0.4 is 10.6 Å². The first kappa shape index (κ1) is 21.9. The highest BCUT2D eigenvalue weighted by Gasteiger charge is 2.28. The van der Waals surface area contributed by atoms with Gasteiger partial charge in [-0.2, -0.15) is 5.10 Å². The van der Waals surface area contributed by atoms with E-state index in [4.69, 9.17) is 4.74 Å². The topological polar surface area (TPSA) is 106 Å². The van der Waals surface area contributed by atoms with Gasteiger partial charge in [-0.05, 0) is 25.8 Å². The SMILES string of the molecule is COCCNC(=O)[C@@H]1CCC[C@@H](NC(=O)c2cc(C)n(C)n2)CN(C)C(=O)C1. The fourth-order valence-electron chi connectivity index (χ4n) is 3.30. The standard InChI is InChI=1S/C19H31N5O4/c1-13-10-16(22-24(13)3)19(27)21-15-7-5-6-14(11-17(25)23(2)12-15)18(26)20-8-9-28-4/h10,14-15H,5-9,11-12H2,1-4H3,(H,20,26)(H,21,27)/t14-,15-/m1/s1. The molecule has 9 nitrogen and oxygen atoms in total. The minimum absolute atomic E-state index is 0.0956. The second-order valence-electron chi connectivity index (χ2n) is 7.35. The summed E-state index contributed by atoms with van der Waals surface area (Å²) < 4.78 is 6.60. The van der Waals surface area contributed by atoms with Crippen LogP contribution >= 0.6 is 0 Å². The Balaban J connectivity index is 1.98.